The first-order valence-electron chi connectivity index (χ1n) is 12.6. The highest BCUT2D eigenvalue weighted by Crippen LogP contribution is 2.41. The highest BCUT2D eigenvalue weighted by atomic mass is 28.4. The molecular weight excluding hydrogens is 420 g/mol. The molecule has 0 unspecified atom stereocenters. The summed E-state index contributed by atoms with van der Waals surface area (Å²) in [6.07, 6.45) is 11.7. The van der Waals surface area contributed by atoms with Crippen molar-refractivity contribution in [1.82, 2.24) is 0 Å². The van der Waals surface area contributed by atoms with Crippen molar-refractivity contribution in [3.05, 3.63) is 0 Å². The van der Waals surface area contributed by atoms with Crippen LogP contribution in [0.1, 0.15) is 113 Å². The summed E-state index contributed by atoms with van der Waals surface area (Å²) in [4.78, 5) is 0. The van der Waals surface area contributed by atoms with Gasteiger partial charge in [-0.3, -0.25) is 0 Å². The van der Waals surface area contributed by atoms with Crippen molar-refractivity contribution in [3.63, 3.8) is 0 Å². The molecule has 0 N–H and O–H groups in total. The monoisotopic (exact) mass is 478 g/mol. The predicted molar refractivity (Wildman–Crippen MR) is 141 cm³/mol. The van der Waals surface area contributed by atoms with Gasteiger partial charge in [0.2, 0.25) is 0 Å². The molecule has 0 aromatic rings. The molecule has 0 atom stereocenters. The van der Waals surface area contributed by atoms with Crippen LogP contribution in [0.4, 0.5) is 0 Å². The molecule has 0 heterocycles. The third-order valence-electron chi connectivity index (χ3n) is 6.57. The van der Waals surface area contributed by atoms with E-state index in [9.17, 15) is 0 Å². The molecule has 0 spiro atoms. The molecule has 0 aliphatic rings. The molecule has 6 heteroatoms. The molecule has 0 rings (SSSR count). The molecule has 0 aromatic heterocycles. The highest BCUT2D eigenvalue weighted by molar-refractivity contribution is 6.70. The number of hydrogen-bond acceptors (Lipinski definition) is 4. The van der Waals surface area contributed by atoms with Gasteiger partial charge in [-0.25, -0.2) is 0 Å². The molecule has 0 radical (unpaired) electrons. The summed E-state index contributed by atoms with van der Waals surface area (Å²) >= 11 is 0. The van der Waals surface area contributed by atoms with Crippen molar-refractivity contribution in [2.45, 2.75) is 135 Å². The van der Waals surface area contributed by atoms with Crippen molar-refractivity contribution >= 4 is 17.1 Å². The topological polar surface area (TPSA) is 36.9 Å². The number of unbranched alkanes of at least 4 members (excludes halogenated alkanes) is 7. The van der Waals surface area contributed by atoms with Gasteiger partial charge in [0.15, 0.2) is 0 Å². The fraction of sp³-hybridized carbons (Fsp3) is 1.00. The Kier molecular flexibility index (Phi) is 18.1. The van der Waals surface area contributed by atoms with Crippen molar-refractivity contribution in [3.8, 4) is 0 Å². The first-order chi connectivity index (χ1) is 14.4. The molecule has 4 nitrogen and oxygen atoms in total. The molecule has 0 saturated carbocycles. The molecule has 0 saturated heterocycles. The predicted octanol–water partition coefficient (Wildman–Crippen LogP) is 8.59. The van der Waals surface area contributed by atoms with Gasteiger partial charge in [-0.15, -0.1) is 0 Å². The first-order valence-corrected chi connectivity index (χ1v) is 16.6. The molecule has 0 amide bonds. The Morgan fingerprint density at radius 1 is 0.452 bits per heavy atom. The molecule has 190 valence electrons. The lowest BCUT2D eigenvalue weighted by Gasteiger charge is -2.38. The lowest BCUT2D eigenvalue weighted by atomic mass is 10.2. The molecule has 0 bridgehead atoms. The minimum Gasteiger partial charge on any atom is -0.397 e. The van der Waals surface area contributed by atoms with Crippen molar-refractivity contribution in [1.29, 1.82) is 0 Å². The number of hydrogen-bond donors (Lipinski definition) is 0. The zero-order chi connectivity index (χ0) is 24.6. The SMILES string of the molecule is CCCCCCC[Si](OC)(OC)C(C)(C)C.CCCCCC[Si](OC)(OC)C(C)(C)C. The van der Waals surface area contributed by atoms with E-state index in [-0.39, 0.29) is 10.1 Å². The highest BCUT2D eigenvalue weighted by Gasteiger charge is 2.47. The Balaban J connectivity index is 0. The molecule has 0 aliphatic carbocycles. The quantitative estimate of drug-likeness (QED) is 0.174. The van der Waals surface area contributed by atoms with Gasteiger partial charge in [0, 0.05) is 38.5 Å². The average Bonchev–Trinajstić information content (AvgIpc) is 2.70. The van der Waals surface area contributed by atoms with Gasteiger partial charge in [-0.05, 0) is 12.1 Å². The van der Waals surface area contributed by atoms with Gasteiger partial charge >= 0.3 is 17.1 Å². The minimum atomic E-state index is -2.01. The van der Waals surface area contributed by atoms with Gasteiger partial charge < -0.3 is 17.7 Å². The Morgan fingerprint density at radius 2 is 0.710 bits per heavy atom. The Hall–Kier alpha value is 0.274. The van der Waals surface area contributed by atoms with E-state index < -0.39 is 17.1 Å². The Labute approximate surface area is 198 Å². The summed E-state index contributed by atoms with van der Waals surface area (Å²) in [5, 5.41) is 0.309. The summed E-state index contributed by atoms with van der Waals surface area (Å²) in [7, 11) is 3.24. The van der Waals surface area contributed by atoms with Crippen LogP contribution in [0.25, 0.3) is 0 Å². The van der Waals surface area contributed by atoms with E-state index >= 15 is 0 Å². The summed E-state index contributed by atoms with van der Waals surface area (Å²) < 4.78 is 23.0. The Morgan fingerprint density at radius 3 is 0.935 bits per heavy atom. The van der Waals surface area contributed by atoms with E-state index in [4.69, 9.17) is 17.7 Å². The van der Waals surface area contributed by atoms with Gasteiger partial charge in [-0.2, -0.15) is 0 Å². The average molecular weight is 479 g/mol. The van der Waals surface area contributed by atoms with Gasteiger partial charge in [-0.1, -0.05) is 113 Å². The fourth-order valence-corrected chi connectivity index (χ4v) is 10.8. The number of rotatable bonds is 15. The summed E-state index contributed by atoms with van der Waals surface area (Å²) in [5.41, 5.74) is 0. The van der Waals surface area contributed by atoms with Gasteiger partial charge in [0.05, 0.1) is 0 Å². The second-order valence-electron chi connectivity index (χ2n) is 10.8. The largest absolute Gasteiger partial charge is 0.397 e. The van der Waals surface area contributed by atoms with Gasteiger partial charge in [0.25, 0.3) is 0 Å². The minimum absolute atomic E-state index is 0.154. The van der Waals surface area contributed by atoms with Crippen molar-refractivity contribution < 1.29 is 17.7 Å². The zero-order valence-electron chi connectivity index (χ0n) is 23.4. The maximum Gasteiger partial charge on any atom is 0.343 e. The van der Waals surface area contributed by atoms with Crippen molar-refractivity contribution in [2.24, 2.45) is 0 Å². The smallest absolute Gasteiger partial charge is 0.343 e. The van der Waals surface area contributed by atoms with E-state index in [0.717, 1.165) is 12.1 Å². The Bertz CT molecular complexity index is 409. The summed E-state index contributed by atoms with van der Waals surface area (Å²) in [6.45, 7) is 17.9. The van der Waals surface area contributed by atoms with Crippen LogP contribution in [0.5, 0.6) is 0 Å². The normalized spacial score (nSPS) is 13.2. The van der Waals surface area contributed by atoms with Crippen LogP contribution in [0, 0.1) is 0 Å². The third kappa shape index (κ3) is 11.8. The van der Waals surface area contributed by atoms with Crippen LogP contribution < -0.4 is 0 Å². The van der Waals surface area contributed by atoms with Crippen LogP contribution in [0.2, 0.25) is 22.2 Å². The van der Waals surface area contributed by atoms with Crippen LogP contribution in [-0.4, -0.2) is 45.6 Å². The van der Waals surface area contributed by atoms with Crippen LogP contribution in [0.3, 0.4) is 0 Å². The molecule has 0 fully saturated rings. The standard InChI is InChI=1S/C13H30O2Si.C12H28O2Si/c1-7-8-9-10-11-12-16(14-5,15-6)13(2,3)4;1-7-8-9-10-11-15(13-5,14-6)12(2,3)4/h7-12H2,1-6H3;7-11H2,1-6H3. The third-order valence-corrected chi connectivity index (χ3v) is 15.8. The van der Waals surface area contributed by atoms with E-state index in [2.05, 4.69) is 55.4 Å². The summed E-state index contributed by atoms with van der Waals surface area (Å²) in [5.74, 6) is 0. The van der Waals surface area contributed by atoms with Crippen LogP contribution in [-0.2, 0) is 17.7 Å². The van der Waals surface area contributed by atoms with Crippen LogP contribution in [0.15, 0.2) is 0 Å². The molecule has 0 aliphatic heterocycles. The molecular formula is C25H58O4Si2. The lowest BCUT2D eigenvalue weighted by molar-refractivity contribution is 0.212. The summed E-state index contributed by atoms with van der Waals surface area (Å²) in [6, 6.07) is 2.23. The van der Waals surface area contributed by atoms with E-state index in [1.807, 2.05) is 14.2 Å². The van der Waals surface area contributed by atoms with E-state index in [1.54, 1.807) is 14.2 Å². The lowest BCUT2D eigenvalue weighted by Crippen LogP contribution is -2.48. The first kappa shape index (κ1) is 33.4. The molecule has 31 heavy (non-hydrogen) atoms. The van der Waals surface area contributed by atoms with E-state index in [1.165, 1.54) is 57.8 Å². The van der Waals surface area contributed by atoms with Crippen molar-refractivity contribution in [2.75, 3.05) is 28.4 Å². The van der Waals surface area contributed by atoms with Gasteiger partial charge in [0.1, 0.15) is 0 Å². The molecule has 0 aromatic carbocycles. The second kappa shape index (κ2) is 16.8. The van der Waals surface area contributed by atoms with Crippen LogP contribution >= 0.6 is 0 Å². The maximum absolute atomic E-state index is 5.77. The maximum atomic E-state index is 5.77. The second-order valence-corrected chi connectivity index (χ2v) is 19.4. The zero-order valence-corrected chi connectivity index (χ0v) is 25.4. The fourth-order valence-electron chi connectivity index (χ4n) is 4.30. The van der Waals surface area contributed by atoms with E-state index in [0.29, 0.717) is 0 Å².